The van der Waals surface area contributed by atoms with Crippen LogP contribution in [0.15, 0.2) is 18.3 Å². The molecule has 2 fully saturated rings. The lowest BCUT2D eigenvalue weighted by atomic mass is 10.1. The van der Waals surface area contributed by atoms with E-state index in [1.54, 1.807) is 18.3 Å². The quantitative estimate of drug-likeness (QED) is 0.643. The summed E-state index contributed by atoms with van der Waals surface area (Å²) < 4.78 is 0. The first kappa shape index (κ1) is 14.3. The molecule has 0 atom stereocenters. The van der Waals surface area contributed by atoms with Gasteiger partial charge in [0.05, 0.1) is 5.56 Å². The lowest BCUT2D eigenvalue weighted by Crippen LogP contribution is -2.51. The van der Waals surface area contributed by atoms with Gasteiger partial charge in [0, 0.05) is 38.4 Å². The fourth-order valence-electron chi connectivity index (χ4n) is 3.35. The minimum absolute atomic E-state index is 0.0668. The maximum atomic E-state index is 12.4. The van der Waals surface area contributed by atoms with E-state index in [0.29, 0.717) is 11.4 Å². The highest BCUT2D eigenvalue weighted by molar-refractivity contribution is 5.94. The number of piperazine rings is 1. The average Bonchev–Trinajstić information content (AvgIpc) is 3.09. The number of amides is 1. The van der Waals surface area contributed by atoms with E-state index in [2.05, 4.69) is 15.3 Å². The first-order valence-electron chi connectivity index (χ1n) is 7.74. The number of nitrogens with zero attached hydrogens (tertiary/aromatic N) is 3. The molecule has 0 radical (unpaired) electrons. The molecule has 1 saturated carbocycles. The van der Waals surface area contributed by atoms with Gasteiger partial charge in [-0.1, -0.05) is 12.8 Å². The second-order valence-corrected chi connectivity index (χ2v) is 5.84. The van der Waals surface area contributed by atoms with Crippen molar-refractivity contribution in [2.45, 2.75) is 31.7 Å². The maximum Gasteiger partial charge on any atom is 0.255 e. The number of hydrogen-bond acceptors (Lipinski definition) is 5. The van der Waals surface area contributed by atoms with Crippen molar-refractivity contribution in [2.24, 2.45) is 5.84 Å². The van der Waals surface area contributed by atoms with E-state index < -0.39 is 0 Å². The number of anilines is 1. The third-order valence-corrected chi connectivity index (χ3v) is 4.60. The van der Waals surface area contributed by atoms with Crippen molar-refractivity contribution < 1.29 is 4.79 Å². The molecule has 2 aliphatic rings. The zero-order valence-electron chi connectivity index (χ0n) is 12.3. The summed E-state index contributed by atoms with van der Waals surface area (Å²) in [6, 6.07) is 4.24. The summed E-state index contributed by atoms with van der Waals surface area (Å²) >= 11 is 0. The van der Waals surface area contributed by atoms with Crippen LogP contribution < -0.4 is 11.3 Å². The average molecular weight is 289 g/mol. The van der Waals surface area contributed by atoms with E-state index in [0.717, 1.165) is 32.2 Å². The van der Waals surface area contributed by atoms with Crippen LogP contribution in [0, 0.1) is 0 Å². The molecule has 3 N–H and O–H groups in total. The van der Waals surface area contributed by atoms with E-state index in [-0.39, 0.29) is 5.91 Å². The Labute approximate surface area is 125 Å². The van der Waals surface area contributed by atoms with Crippen LogP contribution in [0.4, 0.5) is 5.82 Å². The molecule has 1 aromatic heterocycles. The molecule has 1 aliphatic carbocycles. The smallest absolute Gasteiger partial charge is 0.255 e. The van der Waals surface area contributed by atoms with Crippen LogP contribution in [0.1, 0.15) is 36.0 Å². The van der Waals surface area contributed by atoms with Gasteiger partial charge in [-0.25, -0.2) is 10.8 Å². The number of pyridine rings is 1. The Kier molecular flexibility index (Phi) is 4.36. The lowest BCUT2D eigenvalue weighted by Gasteiger charge is -2.38. The number of carbonyl (C=O) groups is 1. The summed E-state index contributed by atoms with van der Waals surface area (Å²) in [6.45, 7) is 3.61. The molecule has 0 aromatic carbocycles. The second-order valence-electron chi connectivity index (χ2n) is 5.84. The summed E-state index contributed by atoms with van der Waals surface area (Å²) in [5.74, 6) is 5.91. The van der Waals surface area contributed by atoms with Crippen molar-refractivity contribution in [3.05, 3.63) is 23.9 Å². The van der Waals surface area contributed by atoms with Crippen molar-refractivity contribution in [1.82, 2.24) is 14.8 Å². The van der Waals surface area contributed by atoms with Crippen LogP contribution >= 0.6 is 0 Å². The normalized spacial score (nSPS) is 20.7. The van der Waals surface area contributed by atoms with Crippen molar-refractivity contribution in [1.29, 1.82) is 0 Å². The SMILES string of the molecule is NNc1ccc(C(=O)N2CCN(C3CCCC3)CC2)cn1. The van der Waals surface area contributed by atoms with Gasteiger partial charge in [0.1, 0.15) is 5.82 Å². The van der Waals surface area contributed by atoms with Crippen LogP contribution in [0.5, 0.6) is 0 Å². The molecule has 0 bridgehead atoms. The van der Waals surface area contributed by atoms with Gasteiger partial charge in [0.2, 0.25) is 0 Å². The largest absolute Gasteiger partial charge is 0.336 e. The van der Waals surface area contributed by atoms with Gasteiger partial charge in [-0.05, 0) is 25.0 Å². The van der Waals surface area contributed by atoms with Crippen LogP contribution in [-0.4, -0.2) is 52.9 Å². The van der Waals surface area contributed by atoms with Gasteiger partial charge in [-0.15, -0.1) is 0 Å². The minimum atomic E-state index is 0.0668. The summed E-state index contributed by atoms with van der Waals surface area (Å²) in [7, 11) is 0. The molecule has 1 amide bonds. The third-order valence-electron chi connectivity index (χ3n) is 4.60. The highest BCUT2D eigenvalue weighted by atomic mass is 16.2. The Morgan fingerprint density at radius 1 is 1.19 bits per heavy atom. The molecule has 114 valence electrons. The summed E-state index contributed by atoms with van der Waals surface area (Å²) in [6.07, 6.45) is 6.95. The van der Waals surface area contributed by atoms with E-state index in [1.165, 1.54) is 25.7 Å². The molecule has 6 heteroatoms. The summed E-state index contributed by atoms with van der Waals surface area (Å²) in [5, 5.41) is 0. The van der Waals surface area contributed by atoms with Crippen molar-refractivity contribution in [2.75, 3.05) is 31.6 Å². The Balaban J connectivity index is 1.56. The van der Waals surface area contributed by atoms with Gasteiger partial charge >= 0.3 is 0 Å². The van der Waals surface area contributed by atoms with E-state index >= 15 is 0 Å². The first-order chi connectivity index (χ1) is 10.3. The number of nitrogen functional groups attached to an aromatic ring is 1. The van der Waals surface area contributed by atoms with Gasteiger partial charge in [-0.3, -0.25) is 9.69 Å². The van der Waals surface area contributed by atoms with Crippen LogP contribution in [0.2, 0.25) is 0 Å². The van der Waals surface area contributed by atoms with Crippen molar-refractivity contribution in [3.8, 4) is 0 Å². The van der Waals surface area contributed by atoms with Crippen LogP contribution in [0.3, 0.4) is 0 Å². The van der Waals surface area contributed by atoms with Gasteiger partial charge in [-0.2, -0.15) is 0 Å². The molecule has 1 aliphatic heterocycles. The molecule has 6 nitrogen and oxygen atoms in total. The number of aromatic nitrogens is 1. The molecule has 2 heterocycles. The lowest BCUT2D eigenvalue weighted by molar-refractivity contribution is 0.0573. The van der Waals surface area contributed by atoms with E-state index in [9.17, 15) is 4.79 Å². The predicted molar refractivity (Wildman–Crippen MR) is 81.8 cm³/mol. The zero-order chi connectivity index (χ0) is 14.7. The van der Waals surface area contributed by atoms with Gasteiger partial charge in [0.15, 0.2) is 0 Å². The van der Waals surface area contributed by atoms with Crippen molar-refractivity contribution in [3.63, 3.8) is 0 Å². The fourth-order valence-corrected chi connectivity index (χ4v) is 3.35. The second kappa shape index (κ2) is 6.41. The highest BCUT2D eigenvalue weighted by Gasteiger charge is 2.28. The van der Waals surface area contributed by atoms with E-state index in [1.807, 2.05) is 4.90 Å². The molecule has 0 spiro atoms. The Morgan fingerprint density at radius 3 is 2.48 bits per heavy atom. The fraction of sp³-hybridized carbons (Fsp3) is 0.600. The molecule has 0 unspecified atom stereocenters. The predicted octanol–water partition coefficient (Wildman–Crippen LogP) is 1.07. The van der Waals surface area contributed by atoms with Crippen LogP contribution in [-0.2, 0) is 0 Å². The van der Waals surface area contributed by atoms with Crippen LogP contribution in [0.25, 0.3) is 0 Å². The number of hydrogen-bond donors (Lipinski definition) is 2. The summed E-state index contributed by atoms with van der Waals surface area (Å²) in [4.78, 5) is 21.0. The molecular formula is C15H23N5O. The number of carbonyl (C=O) groups excluding carboxylic acids is 1. The standard InChI is InChI=1S/C15H23N5O/c16-18-14-6-5-12(11-17-14)15(21)20-9-7-19(8-10-20)13-3-1-2-4-13/h5-6,11,13H,1-4,7-10,16H2,(H,17,18). The minimum Gasteiger partial charge on any atom is -0.336 e. The first-order valence-corrected chi connectivity index (χ1v) is 7.74. The molecule has 1 aromatic rings. The van der Waals surface area contributed by atoms with Gasteiger partial charge < -0.3 is 10.3 Å². The topological polar surface area (TPSA) is 74.5 Å². The molecule has 1 saturated heterocycles. The summed E-state index contributed by atoms with van der Waals surface area (Å²) in [5.41, 5.74) is 3.10. The Bertz CT molecular complexity index is 475. The Hall–Kier alpha value is -1.66. The number of hydrazine groups is 1. The highest BCUT2D eigenvalue weighted by Crippen LogP contribution is 2.24. The molecule has 21 heavy (non-hydrogen) atoms. The van der Waals surface area contributed by atoms with Crippen molar-refractivity contribution >= 4 is 11.7 Å². The number of nitrogens with two attached hydrogens (primary N) is 1. The molecule has 3 rings (SSSR count). The third kappa shape index (κ3) is 3.16. The van der Waals surface area contributed by atoms with Gasteiger partial charge in [0.25, 0.3) is 5.91 Å². The molecular weight excluding hydrogens is 266 g/mol. The van der Waals surface area contributed by atoms with E-state index in [4.69, 9.17) is 5.84 Å². The number of rotatable bonds is 3. The maximum absolute atomic E-state index is 12.4. The Morgan fingerprint density at radius 2 is 1.90 bits per heavy atom. The zero-order valence-corrected chi connectivity index (χ0v) is 12.3. The number of nitrogens with one attached hydrogen (secondary N) is 1. The monoisotopic (exact) mass is 289 g/mol.